The Kier molecular flexibility index (Phi) is 6.25. The molecule has 1 aromatic heterocycles. The van der Waals surface area contributed by atoms with Gasteiger partial charge in [-0.25, -0.2) is 4.39 Å². The topological polar surface area (TPSA) is 62.5 Å². The van der Waals surface area contributed by atoms with Gasteiger partial charge in [0.1, 0.15) is 17.2 Å². The molecule has 0 aliphatic rings. The molecular formula is C30H29FN4. The summed E-state index contributed by atoms with van der Waals surface area (Å²) >= 11 is 0. The summed E-state index contributed by atoms with van der Waals surface area (Å²) in [5, 5.41) is 22.4. The number of hydrogen-bond acceptors (Lipinski definition) is 4. The van der Waals surface area contributed by atoms with Crippen molar-refractivity contribution in [2.45, 2.75) is 52.4 Å². The molecule has 1 heterocycles. The second-order valence-corrected chi connectivity index (χ2v) is 10.8. The maximum Gasteiger partial charge on any atom is 0.131 e. The minimum absolute atomic E-state index is 0.0769. The van der Waals surface area contributed by atoms with E-state index in [0.717, 1.165) is 22.3 Å². The van der Waals surface area contributed by atoms with Gasteiger partial charge in [0.2, 0.25) is 0 Å². The van der Waals surface area contributed by atoms with Crippen LogP contribution in [-0.2, 0) is 10.8 Å². The summed E-state index contributed by atoms with van der Waals surface area (Å²) in [6.07, 6.45) is 0. The van der Waals surface area contributed by atoms with Crippen LogP contribution in [0.2, 0.25) is 0 Å². The molecule has 0 bridgehead atoms. The van der Waals surface area contributed by atoms with E-state index < -0.39 is 5.82 Å². The third kappa shape index (κ3) is 4.97. The largest absolute Gasteiger partial charge is 0.206 e. The van der Waals surface area contributed by atoms with Crippen molar-refractivity contribution in [3.8, 4) is 39.7 Å². The van der Waals surface area contributed by atoms with Gasteiger partial charge in [-0.15, -0.1) is 10.2 Å². The molecule has 0 N–H and O–H groups in total. The zero-order chi connectivity index (χ0) is 25.4. The predicted molar refractivity (Wildman–Crippen MR) is 138 cm³/mol. The first-order valence-electron chi connectivity index (χ1n) is 11.6. The summed E-state index contributed by atoms with van der Waals surface area (Å²) in [6.45, 7) is 12.9. The first-order valence-corrected chi connectivity index (χ1v) is 11.6. The quantitative estimate of drug-likeness (QED) is 0.315. The Bertz CT molecular complexity index is 1360. The van der Waals surface area contributed by atoms with Gasteiger partial charge in [-0.1, -0.05) is 77.9 Å². The first-order chi connectivity index (χ1) is 16.5. The fourth-order valence-electron chi connectivity index (χ4n) is 4.04. The van der Waals surface area contributed by atoms with Crippen LogP contribution in [0.4, 0.5) is 4.39 Å². The van der Waals surface area contributed by atoms with Crippen LogP contribution < -0.4 is 0 Å². The van der Waals surface area contributed by atoms with E-state index >= 15 is 4.39 Å². The predicted octanol–water partition coefficient (Wildman–Crippen LogP) is 7.48. The van der Waals surface area contributed by atoms with E-state index in [1.54, 1.807) is 6.07 Å². The average molecular weight is 465 g/mol. The maximum atomic E-state index is 15.3. The van der Waals surface area contributed by atoms with Gasteiger partial charge in [0, 0.05) is 22.3 Å². The van der Waals surface area contributed by atoms with Crippen LogP contribution in [0.5, 0.6) is 0 Å². The molecular weight excluding hydrogens is 435 g/mol. The van der Waals surface area contributed by atoms with Crippen molar-refractivity contribution in [2.75, 3.05) is 0 Å². The van der Waals surface area contributed by atoms with Gasteiger partial charge < -0.3 is 0 Å². The lowest BCUT2D eigenvalue weighted by Crippen LogP contribution is -2.11. The van der Waals surface area contributed by atoms with Gasteiger partial charge in [-0.05, 0) is 57.5 Å². The molecule has 0 atom stereocenters. The highest BCUT2D eigenvalue weighted by atomic mass is 19.1. The van der Waals surface area contributed by atoms with E-state index in [1.165, 1.54) is 12.1 Å². The monoisotopic (exact) mass is 464 g/mol. The second kappa shape index (κ2) is 9.03. The van der Waals surface area contributed by atoms with Crippen molar-refractivity contribution >= 4 is 0 Å². The lowest BCUT2D eigenvalue weighted by molar-refractivity contribution is 0.590. The van der Waals surface area contributed by atoms with E-state index in [-0.39, 0.29) is 16.4 Å². The highest BCUT2D eigenvalue weighted by Gasteiger charge is 2.23. The zero-order valence-corrected chi connectivity index (χ0v) is 21.0. The zero-order valence-electron chi connectivity index (χ0n) is 21.0. The summed E-state index contributed by atoms with van der Waals surface area (Å²) in [5.74, 6) is -0.444. The fraction of sp³-hybridized carbons (Fsp3) is 0.267. The van der Waals surface area contributed by atoms with Gasteiger partial charge in [0.25, 0.3) is 0 Å². The Hall–Kier alpha value is -3.91. The number of hydrogen-bond donors (Lipinski definition) is 0. The third-order valence-electron chi connectivity index (χ3n) is 6.13. The molecule has 0 unspecified atom stereocenters. The molecule has 0 radical (unpaired) electrons. The molecule has 3 aromatic carbocycles. The van der Waals surface area contributed by atoms with Crippen LogP contribution in [-0.4, -0.2) is 15.4 Å². The molecule has 0 aliphatic carbocycles. The second-order valence-electron chi connectivity index (χ2n) is 10.8. The number of halogens is 1. The molecule has 0 saturated carbocycles. The fourth-order valence-corrected chi connectivity index (χ4v) is 4.04. The standard InChI is InChI=1S/C30H29FN4/c1-29(2,3)22-11-7-9-20(16-22)27-26(24-15-19(18-32)13-14-25(24)31)28(34-35-33-27)21-10-8-12-23(17-21)30(4,5)6/h7-17H,1-6H3. The number of benzene rings is 3. The van der Waals surface area contributed by atoms with E-state index in [2.05, 4.69) is 87.3 Å². The van der Waals surface area contributed by atoms with E-state index in [9.17, 15) is 5.26 Å². The molecule has 4 nitrogen and oxygen atoms in total. The van der Waals surface area contributed by atoms with Gasteiger partial charge >= 0.3 is 0 Å². The van der Waals surface area contributed by atoms with Crippen molar-refractivity contribution in [1.29, 1.82) is 5.26 Å². The summed E-state index contributed by atoms with van der Waals surface area (Å²) in [6, 6.07) is 22.6. The molecule has 0 saturated heterocycles. The van der Waals surface area contributed by atoms with Gasteiger partial charge in [0.15, 0.2) is 0 Å². The number of aromatic nitrogens is 3. The number of nitrogens with zero attached hydrogens (tertiary/aromatic N) is 4. The lowest BCUT2D eigenvalue weighted by Gasteiger charge is -2.21. The maximum absolute atomic E-state index is 15.3. The van der Waals surface area contributed by atoms with Crippen LogP contribution in [0.3, 0.4) is 0 Å². The van der Waals surface area contributed by atoms with Crippen molar-refractivity contribution in [2.24, 2.45) is 0 Å². The molecule has 4 aromatic rings. The van der Waals surface area contributed by atoms with Crippen LogP contribution >= 0.6 is 0 Å². The van der Waals surface area contributed by atoms with E-state index in [1.807, 2.05) is 24.3 Å². The van der Waals surface area contributed by atoms with Gasteiger partial charge in [-0.3, -0.25) is 0 Å². The molecule has 0 spiro atoms. The smallest absolute Gasteiger partial charge is 0.131 e. The summed E-state index contributed by atoms with van der Waals surface area (Å²) in [4.78, 5) is 0. The summed E-state index contributed by atoms with van der Waals surface area (Å²) in [5.41, 5.74) is 5.94. The van der Waals surface area contributed by atoms with Crippen molar-refractivity contribution in [3.63, 3.8) is 0 Å². The Morgan fingerprint density at radius 3 is 1.69 bits per heavy atom. The van der Waals surface area contributed by atoms with E-state index in [4.69, 9.17) is 0 Å². The van der Waals surface area contributed by atoms with Crippen LogP contribution in [0.15, 0.2) is 66.7 Å². The molecule has 4 rings (SSSR count). The highest BCUT2D eigenvalue weighted by Crippen LogP contribution is 2.40. The molecule has 176 valence electrons. The minimum Gasteiger partial charge on any atom is -0.206 e. The number of nitriles is 1. The normalized spacial score (nSPS) is 11.8. The summed E-state index contributed by atoms with van der Waals surface area (Å²) in [7, 11) is 0. The van der Waals surface area contributed by atoms with Crippen LogP contribution in [0.1, 0.15) is 58.2 Å². The molecule has 5 heteroatoms. The van der Waals surface area contributed by atoms with Crippen molar-refractivity contribution < 1.29 is 4.39 Å². The number of rotatable bonds is 3. The molecule has 35 heavy (non-hydrogen) atoms. The summed E-state index contributed by atoms with van der Waals surface area (Å²) < 4.78 is 15.3. The lowest BCUT2D eigenvalue weighted by atomic mass is 9.84. The Morgan fingerprint density at radius 2 is 1.23 bits per heavy atom. The SMILES string of the molecule is CC(C)(C)c1cccc(-c2nnnc(-c3cccc(C(C)(C)C)c3)c2-c2cc(C#N)ccc2F)c1. The molecule has 0 fully saturated rings. The van der Waals surface area contributed by atoms with Crippen molar-refractivity contribution in [1.82, 2.24) is 15.4 Å². The Morgan fingerprint density at radius 1 is 0.714 bits per heavy atom. The van der Waals surface area contributed by atoms with Crippen LogP contribution in [0, 0.1) is 17.1 Å². The van der Waals surface area contributed by atoms with Crippen LogP contribution in [0.25, 0.3) is 33.6 Å². The highest BCUT2D eigenvalue weighted by molar-refractivity contribution is 5.91. The van der Waals surface area contributed by atoms with Crippen molar-refractivity contribution in [3.05, 3.63) is 89.2 Å². The van der Waals surface area contributed by atoms with Gasteiger partial charge in [0.05, 0.1) is 11.6 Å². The van der Waals surface area contributed by atoms with E-state index in [0.29, 0.717) is 22.5 Å². The molecule has 0 amide bonds. The van der Waals surface area contributed by atoms with Gasteiger partial charge in [-0.2, -0.15) is 5.26 Å². The Labute approximate surface area is 206 Å². The average Bonchev–Trinajstić information content (AvgIpc) is 2.83. The third-order valence-corrected chi connectivity index (χ3v) is 6.13. The minimum atomic E-state index is -0.444. The first kappa shape index (κ1) is 24.2. The molecule has 0 aliphatic heterocycles. The Balaban J connectivity index is 2.07.